The number of carbonyl (C=O) groups excluding carboxylic acids is 1. The van der Waals surface area contributed by atoms with Crippen LogP contribution in [0, 0.1) is 11.8 Å². The number of hydrogen-bond donors (Lipinski definition) is 2. The van der Waals surface area contributed by atoms with Gasteiger partial charge in [-0.3, -0.25) is 4.79 Å². The molecular weight excluding hydrogens is 178 g/mol. The fourth-order valence-corrected chi connectivity index (χ4v) is 2.20. The van der Waals surface area contributed by atoms with Crippen molar-refractivity contribution >= 4 is 5.91 Å². The summed E-state index contributed by atoms with van der Waals surface area (Å²) >= 11 is 0. The molecule has 0 aromatic rings. The molecular formula is C11H21NO2. The lowest BCUT2D eigenvalue weighted by Crippen LogP contribution is -2.39. The second-order valence-corrected chi connectivity index (χ2v) is 4.58. The predicted octanol–water partition coefficient (Wildman–Crippen LogP) is 1.31. The maximum atomic E-state index is 10.9. The van der Waals surface area contributed by atoms with Gasteiger partial charge in [-0.05, 0) is 37.5 Å². The Bertz CT molecular complexity index is 184. The number of nitrogens with one attached hydrogen (secondary N) is 1. The molecule has 0 saturated heterocycles. The minimum atomic E-state index is -0.385. The second-order valence-electron chi connectivity index (χ2n) is 4.58. The third-order valence-corrected chi connectivity index (χ3v) is 3.22. The molecule has 0 aliphatic heterocycles. The third kappa shape index (κ3) is 3.29. The van der Waals surface area contributed by atoms with Crippen molar-refractivity contribution in [2.75, 3.05) is 6.61 Å². The van der Waals surface area contributed by atoms with Crippen molar-refractivity contribution in [3.63, 3.8) is 0 Å². The average molecular weight is 199 g/mol. The number of rotatable bonds is 3. The normalized spacial score (nSPS) is 27.7. The van der Waals surface area contributed by atoms with Crippen LogP contribution < -0.4 is 5.32 Å². The first-order chi connectivity index (χ1) is 6.63. The Morgan fingerprint density at radius 2 is 1.93 bits per heavy atom. The molecule has 0 unspecified atom stereocenters. The van der Waals surface area contributed by atoms with Crippen molar-refractivity contribution in [3.05, 3.63) is 0 Å². The molecule has 0 atom stereocenters. The van der Waals surface area contributed by atoms with Gasteiger partial charge in [0.25, 0.3) is 0 Å². The molecule has 1 fully saturated rings. The summed E-state index contributed by atoms with van der Waals surface area (Å²) in [5.41, 5.74) is 0. The molecule has 0 radical (unpaired) electrons. The highest BCUT2D eigenvalue weighted by atomic mass is 16.3. The molecule has 3 heteroatoms. The van der Waals surface area contributed by atoms with E-state index in [0.29, 0.717) is 6.04 Å². The lowest BCUT2D eigenvalue weighted by atomic mass is 9.80. The van der Waals surface area contributed by atoms with Gasteiger partial charge < -0.3 is 10.4 Å². The number of aliphatic hydroxyl groups is 1. The average Bonchev–Trinajstić information content (AvgIpc) is 2.18. The van der Waals surface area contributed by atoms with Gasteiger partial charge >= 0.3 is 0 Å². The summed E-state index contributed by atoms with van der Waals surface area (Å²) in [5.74, 6) is 1.33. The Morgan fingerprint density at radius 3 is 2.36 bits per heavy atom. The van der Waals surface area contributed by atoms with E-state index >= 15 is 0 Å². The van der Waals surface area contributed by atoms with Crippen molar-refractivity contribution in [3.8, 4) is 0 Å². The van der Waals surface area contributed by atoms with Gasteiger partial charge in [0, 0.05) is 6.04 Å². The zero-order valence-electron chi connectivity index (χ0n) is 9.12. The number of carbonyl (C=O) groups is 1. The SMILES string of the molecule is CC(C)[C@H]1CC[C@@H](NC(=O)CO)CC1. The highest BCUT2D eigenvalue weighted by molar-refractivity contribution is 5.77. The van der Waals surface area contributed by atoms with Crippen LogP contribution in [0.15, 0.2) is 0 Å². The Balaban J connectivity index is 2.25. The van der Waals surface area contributed by atoms with E-state index in [1.54, 1.807) is 0 Å². The number of aliphatic hydroxyl groups excluding tert-OH is 1. The Labute approximate surface area is 85.9 Å². The molecule has 82 valence electrons. The highest BCUT2D eigenvalue weighted by Crippen LogP contribution is 2.29. The van der Waals surface area contributed by atoms with E-state index in [-0.39, 0.29) is 12.5 Å². The minimum absolute atomic E-state index is 0.238. The van der Waals surface area contributed by atoms with E-state index in [1.165, 1.54) is 12.8 Å². The summed E-state index contributed by atoms with van der Waals surface area (Å²) in [6.07, 6.45) is 4.53. The Hall–Kier alpha value is -0.570. The molecule has 1 amide bonds. The standard InChI is InChI=1S/C11H21NO2/c1-8(2)9-3-5-10(6-4-9)12-11(14)7-13/h8-10,13H,3-7H2,1-2H3,(H,12,14)/t9-,10+. The quantitative estimate of drug-likeness (QED) is 0.720. The van der Waals surface area contributed by atoms with E-state index in [2.05, 4.69) is 19.2 Å². The van der Waals surface area contributed by atoms with Crippen LogP contribution in [-0.2, 0) is 4.79 Å². The lowest BCUT2D eigenvalue weighted by Gasteiger charge is -2.31. The van der Waals surface area contributed by atoms with Gasteiger partial charge in [-0.1, -0.05) is 13.8 Å². The highest BCUT2D eigenvalue weighted by Gasteiger charge is 2.23. The maximum Gasteiger partial charge on any atom is 0.245 e. The van der Waals surface area contributed by atoms with Crippen molar-refractivity contribution in [1.82, 2.24) is 5.32 Å². The molecule has 0 aromatic carbocycles. The second kappa shape index (κ2) is 5.35. The molecule has 3 nitrogen and oxygen atoms in total. The zero-order chi connectivity index (χ0) is 10.6. The fourth-order valence-electron chi connectivity index (χ4n) is 2.20. The van der Waals surface area contributed by atoms with Crippen LogP contribution in [0.5, 0.6) is 0 Å². The molecule has 1 saturated carbocycles. The summed E-state index contributed by atoms with van der Waals surface area (Å²) in [4.78, 5) is 10.9. The van der Waals surface area contributed by atoms with Crippen LogP contribution in [0.4, 0.5) is 0 Å². The van der Waals surface area contributed by atoms with Crippen LogP contribution in [-0.4, -0.2) is 23.7 Å². The largest absolute Gasteiger partial charge is 0.387 e. The van der Waals surface area contributed by atoms with Gasteiger partial charge in [-0.25, -0.2) is 0 Å². The van der Waals surface area contributed by atoms with E-state index in [0.717, 1.165) is 24.7 Å². The molecule has 2 N–H and O–H groups in total. The molecule has 1 rings (SSSR count). The van der Waals surface area contributed by atoms with Crippen LogP contribution in [0.3, 0.4) is 0 Å². The third-order valence-electron chi connectivity index (χ3n) is 3.22. The van der Waals surface area contributed by atoms with Crippen molar-refractivity contribution in [2.24, 2.45) is 11.8 Å². The van der Waals surface area contributed by atoms with Crippen LogP contribution in [0.2, 0.25) is 0 Å². The summed E-state index contributed by atoms with van der Waals surface area (Å²) in [7, 11) is 0. The first-order valence-electron chi connectivity index (χ1n) is 5.53. The van der Waals surface area contributed by atoms with Crippen LogP contribution in [0.1, 0.15) is 39.5 Å². The number of hydrogen-bond acceptors (Lipinski definition) is 2. The van der Waals surface area contributed by atoms with Crippen LogP contribution in [0.25, 0.3) is 0 Å². The van der Waals surface area contributed by atoms with Gasteiger partial charge in [-0.15, -0.1) is 0 Å². The van der Waals surface area contributed by atoms with E-state index in [4.69, 9.17) is 5.11 Å². The summed E-state index contributed by atoms with van der Waals surface area (Å²) in [5, 5.41) is 11.4. The van der Waals surface area contributed by atoms with E-state index in [1.807, 2.05) is 0 Å². The predicted molar refractivity (Wildman–Crippen MR) is 55.8 cm³/mol. The smallest absolute Gasteiger partial charge is 0.245 e. The summed E-state index contributed by atoms with van der Waals surface area (Å²) < 4.78 is 0. The monoisotopic (exact) mass is 199 g/mol. The first kappa shape index (κ1) is 11.5. The molecule has 0 bridgehead atoms. The molecule has 0 spiro atoms. The fraction of sp³-hybridized carbons (Fsp3) is 0.909. The lowest BCUT2D eigenvalue weighted by molar-refractivity contribution is -0.124. The molecule has 1 aliphatic carbocycles. The summed E-state index contributed by atoms with van der Waals surface area (Å²) in [6.45, 7) is 4.14. The summed E-state index contributed by atoms with van der Waals surface area (Å²) in [6, 6.07) is 0.296. The molecule has 14 heavy (non-hydrogen) atoms. The van der Waals surface area contributed by atoms with Crippen molar-refractivity contribution in [2.45, 2.75) is 45.6 Å². The van der Waals surface area contributed by atoms with Gasteiger partial charge in [0.2, 0.25) is 5.91 Å². The Kier molecular flexibility index (Phi) is 4.39. The Morgan fingerprint density at radius 1 is 1.36 bits per heavy atom. The van der Waals surface area contributed by atoms with Crippen molar-refractivity contribution in [1.29, 1.82) is 0 Å². The van der Waals surface area contributed by atoms with Gasteiger partial charge in [0.05, 0.1) is 0 Å². The molecule has 1 aliphatic rings. The topological polar surface area (TPSA) is 49.3 Å². The van der Waals surface area contributed by atoms with Gasteiger partial charge in [-0.2, -0.15) is 0 Å². The van der Waals surface area contributed by atoms with E-state index < -0.39 is 0 Å². The van der Waals surface area contributed by atoms with Crippen LogP contribution >= 0.6 is 0 Å². The molecule has 0 heterocycles. The maximum absolute atomic E-state index is 10.9. The zero-order valence-corrected chi connectivity index (χ0v) is 9.12. The van der Waals surface area contributed by atoms with Gasteiger partial charge in [0.1, 0.15) is 6.61 Å². The van der Waals surface area contributed by atoms with E-state index in [9.17, 15) is 4.79 Å². The first-order valence-corrected chi connectivity index (χ1v) is 5.53. The molecule has 0 aromatic heterocycles. The minimum Gasteiger partial charge on any atom is -0.387 e. The van der Waals surface area contributed by atoms with Crippen molar-refractivity contribution < 1.29 is 9.90 Å². The number of amides is 1. The van der Waals surface area contributed by atoms with Gasteiger partial charge in [0.15, 0.2) is 0 Å².